The Morgan fingerprint density at radius 1 is 1.20 bits per heavy atom. The molecule has 0 aliphatic heterocycles. The molecule has 0 saturated heterocycles. The highest BCUT2D eigenvalue weighted by Crippen LogP contribution is 2.32. The fourth-order valence-corrected chi connectivity index (χ4v) is 3.50. The van der Waals surface area contributed by atoms with Crippen LogP contribution in [-0.4, -0.2) is 19.7 Å². The second kappa shape index (κ2) is 5.55. The number of aromatic nitrogens is 4. The molecule has 0 aliphatic carbocycles. The van der Waals surface area contributed by atoms with Gasteiger partial charge in [-0.1, -0.05) is 23.7 Å². The summed E-state index contributed by atoms with van der Waals surface area (Å²) < 4.78 is 2.90. The van der Waals surface area contributed by atoms with E-state index in [1.807, 2.05) is 48.2 Å². The average molecular weight is 323 g/mol. The van der Waals surface area contributed by atoms with Gasteiger partial charge in [-0.05, 0) is 30.8 Å². The third-order valence-corrected chi connectivity index (χ3v) is 5.08. The Kier molecular flexibility index (Phi) is 3.78. The number of nitrogens with zero attached hydrogens (tertiary/aromatic N) is 4. The largest absolute Gasteiger partial charge is 0.309 e. The quantitative estimate of drug-likeness (QED) is 0.729. The third-order valence-electron chi connectivity index (χ3n) is 2.85. The van der Waals surface area contributed by atoms with Crippen molar-refractivity contribution in [3.05, 3.63) is 40.5 Å². The van der Waals surface area contributed by atoms with Crippen LogP contribution in [0.1, 0.15) is 5.82 Å². The molecule has 102 valence electrons. The lowest BCUT2D eigenvalue weighted by molar-refractivity contribution is 0.765. The number of hydrogen-bond acceptors (Lipinski definition) is 5. The van der Waals surface area contributed by atoms with Gasteiger partial charge in [-0.15, -0.1) is 21.5 Å². The molecular formula is C13H11ClN4S2. The highest BCUT2D eigenvalue weighted by atomic mass is 35.5. The summed E-state index contributed by atoms with van der Waals surface area (Å²) in [6.45, 7) is 1.93. The van der Waals surface area contributed by atoms with Gasteiger partial charge in [0.15, 0.2) is 9.50 Å². The van der Waals surface area contributed by atoms with E-state index in [2.05, 4.69) is 15.2 Å². The molecule has 4 nitrogen and oxygen atoms in total. The fraction of sp³-hybridized carbons (Fsp3) is 0.154. The van der Waals surface area contributed by atoms with Crippen molar-refractivity contribution in [3.63, 3.8) is 0 Å². The molecule has 0 radical (unpaired) electrons. The minimum Gasteiger partial charge on any atom is -0.309 e. The molecule has 7 heteroatoms. The highest BCUT2D eigenvalue weighted by Gasteiger charge is 2.11. The molecule has 0 spiro atoms. The maximum Gasteiger partial charge on any atom is 0.198 e. The number of benzene rings is 1. The Morgan fingerprint density at radius 3 is 2.60 bits per heavy atom. The Morgan fingerprint density at radius 2 is 1.95 bits per heavy atom. The number of aryl methyl sites for hydroxylation is 1. The zero-order valence-electron chi connectivity index (χ0n) is 10.9. The number of hydrogen-bond donors (Lipinski definition) is 0. The van der Waals surface area contributed by atoms with Crippen molar-refractivity contribution < 1.29 is 0 Å². The van der Waals surface area contributed by atoms with Crippen molar-refractivity contribution >= 4 is 34.7 Å². The molecule has 0 bridgehead atoms. The number of thiazole rings is 1. The Bertz CT molecular complexity index is 733. The summed E-state index contributed by atoms with van der Waals surface area (Å²) in [5.74, 6) is 0.891. The van der Waals surface area contributed by atoms with E-state index in [4.69, 9.17) is 11.6 Å². The predicted octanol–water partition coefficient (Wildman–Crippen LogP) is 4.05. The SMILES string of the molecule is Cc1nnc(Sc2nc(-c3ccc(Cl)cc3)cs2)n1C. The molecule has 3 aromatic rings. The predicted molar refractivity (Wildman–Crippen MR) is 82.4 cm³/mol. The van der Waals surface area contributed by atoms with Gasteiger partial charge >= 0.3 is 0 Å². The molecule has 0 N–H and O–H groups in total. The molecule has 0 fully saturated rings. The normalized spacial score (nSPS) is 10.9. The van der Waals surface area contributed by atoms with E-state index in [0.29, 0.717) is 0 Å². The third kappa shape index (κ3) is 2.72. The van der Waals surface area contributed by atoms with Gasteiger partial charge in [0, 0.05) is 23.0 Å². The first-order valence-corrected chi connectivity index (χ1v) is 7.96. The summed E-state index contributed by atoms with van der Waals surface area (Å²) in [7, 11) is 1.95. The lowest BCUT2D eigenvalue weighted by atomic mass is 10.2. The van der Waals surface area contributed by atoms with Crippen LogP contribution in [0.2, 0.25) is 5.02 Å². The van der Waals surface area contributed by atoms with Gasteiger partial charge in [-0.2, -0.15) is 0 Å². The van der Waals surface area contributed by atoms with Crippen LogP contribution in [0.25, 0.3) is 11.3 Å². The zero-order valence-corrected chi connectivity index (χ0v) is 13.3. The van der Waals surface area contributed by atoms with Crippen molar-refractivity contribution in [2.24, 2.45) is 7.05 Å². The maximum absolute atomic E-state index is 5.89. The van der Waals surface area contributed by atoms with Gasteiger partial charge in [0.25, 0.3) is 0 Å². The van der Waals surface area contributed by atoms with Gasteiger partial charge < -0.3 is 4.57 Å². The van der Waals surface area contributed by atoms with Crippen LogP contribution >= 0.6 is 34.7 Å². The van der Waals surface area contributed by atoms with E-state index in [1.165, 1.54) is 11.8 Å². The van der Waals surface area contributed by atoms with E-state index in [-0.39, 0.29) is 0 Å². The van der Waals surface area contributed by atoms with E-state index >= 15 is 0 Å². The summed E-state index contributed by atoms with van der Waals surface area (Å²) in [6.07, 6.45) is 0. The van der Waals surface area contributed by atoms with Crippen molar-refractivity contribution in [2.75, 3.05) is 0 Å². The number of rotatable bonds is 3. The first kappa shape index (κ1) is 13.6. The molecule has 0 atom stereocenters. The van der Waals surface area contributed by atoms with Crippen LogP contribution in [0.5, 0.6) is 0 Å². The monoisotopic (exact) mass is 322 g/mol. The molecule has 0 unspecified atom stereocenters. The van der Waals surface area contributed by atoms with Crippen LogP contribution in [-0.2, 0) is 7.05 Å². The molecule has 0 aliphatic rings. The Balaban J connectivity index is 1.83. The number of halogens is 1. The summed E-state index contributed by atoms with van der Waals surface area (Å²) >= 11 is 9.02. The summed E-state index contributed by atoms with van der Waals surface area (Å²) in [5.41, 5.74) is 2.01. The van der Waals surface area contributed by atoms with Gasteiger partial charge in [0.1, 0.15) is 5.82 Å². The van der Waals surface area contributed by atoms with Gasteiger partial charge in [0.2, 0.25) is 0 Å². The minimum absolute atomic E-state index is 0.730. The van der Waals surface area contributed by atoms with Crippen molar-refractivity contribution in [3.8, 4) is 11.3 Å². The smallest absolute Gasteiger partial charge is 0.198 e. The van der Waals surface area contributed by atoms with Crippen molar-refractivity contribution in [1.29, 1.82) is 0 Å². The van der Waals surface area contributed by atoms with Gasteiger partial charge in [-0.3, -0.25) is 0 Å². The topological polar surface area (TPSA) is 43.6 Å². The van der Waals surface area contributed by atoms with E-state index in [1.54, 1.807) is 11.3 Å². The lowest BCUT2D eigenvalue weighted by Crippen LogP contribution is -1.92. The molecule has 20 heavy (non-hydrogen) atoms. The van der Waals surface area contributed by atoms with E-state index < -0.39 is 0 Å². The summed E-state index contributed by atoms with van der Waals surface area (Å²) in [6, 6.07) is 7.68. The lowest BCUT2D eigenvalue weighted by Gasteiger charge is -1.98. The van der Waals surface area contributed by atoms with Crippen LogP contribution in [0.4, 0.5) is 0 Å². The fourth-order valence-electron chi connectivity index (χ4n) is 1.61. The molecule has 2 aromatic heterocycles. The van der Waals surface area contributed by atoms with Crippen LogP contribution in [0.15, 0.2) is 39.1 Å². The first-order chi connectivity index (χ1) is 9.63. The summed E-state index contributed by atoms with van der Waals surface area (Å²) in [5, 5.41) is 11.8. The Labute approximate surface area is 129 Å². The molecule has 1 aromatic carbocycles. The molecule has 0 saturated carbocycles. The van der Waals surface area contributed by atoms with Gasteiger partial charge in [0.05, 0.1) is 5.69 Å². The molecule has 3 rings (SSSR count). The molecular weight excluding hydrogens is 312 g/mol. The first-order valence-electron chi connectivity index (χ1n) is 5.89. The van der Waals surface area contributed by atoms with Crippen molar-refractivity contribution in [1.82, 2.24) is 19.7 Å². The van der Waals surface area contributed by atoms with E-state index in [0.717, 1.165) is 31.6 Å². The maximum atomic E-state index is 5.89. The average Bonchev–Trinajstić information content (AvgIpc) is 3.02. The molecule has 2 heterocycles. The summed E-state index contributed by atoms with van der Waals surface area (Å²) in [4.78, 5) is 4.61. The van der Waals surface area contributed by atoms with E-state index in [9.17, 15) is 0 Å². The van der Waals surface area contributed by atoms with Crippen LogP contribution < -0.4 is 0 Å². The van der Waals surface area contributed by atoms with Crippen molar-refractivity contribution in [2.45, 2.75) is 16.4 Å². The second-order valence-corrected chi connectivity index (χ2v) is 6.71. The van der Waals surface area contributed by atoms with Gasteiger partial charge in [-0.25, -0.2) is 4.98 Å². The Hall–Kier alpha value is -1.37. The minimum atomic E-state index is 0.730. The standard InChI is InChI=1S/C13H11ClN4S2/c1-8-16-17-12(18(8)2)20-13-15-11(7-19-13)9-3-5-10(14)6-4-9/h3-7H,1-2H3. The molecule has 0 amide bonds. The van der Waals surface area contributed by atoms with Crippen LogP contribution in [0, 0.1) is 6.92 Å². The zero-order chi connectivity index (χ0) is 14.1. The highest BCUT2D eigenvalue weighted by molar-refractivity contribution is 8.00. The second-order valence-electron chi connectivity index (χ2n) is 4.20. The van der Waals surface area contributed by atoms with Crippen LogP contribution in [0.3, 0.4) is 0 Å².